The number of benzene rings is 1. The number of carbonyl (C=O) groups excluding carboxylic acids is 1. The third kappa shape index (κ3) is 6.66. The van der Waals surface area contributed by atoms with Gasteiger partial charge in [0.05, 0.1) is 31.5 Å². The summed E-state index contributed by atoms with van der Waals surface area (Å²) in [6, 6.07) is 11.6. The Hall–Kier alpha value is -2.22. The summed E-state index contributed by atoms with van der Waals surface area (Å²) in [5.74, 6) is -0.0915. The monoisotopic (exact) mass is 360 g/mol. The van der Waals surface area contributed by atoms with Gasteiger partial charge in [-0.25, -0.2) is 0 Å². The van der Waals surface area contributed by atoms with Crippen molar-refractivity contribution in [2.75, 3.05) is 32.9 Å². The zero-order valence-electron chi connectivity index (χ0n) is 14.9. The topological polar surface area (TPSA) is 88.2 Å². The number of nitrogens with zero attached hydrogens (tertiary/aromatic N) is 4. The van der Waals surface area contributed by atoms with Crippen molar-refractivity contribution >= 4 is 16.7 Å². The second-order valence-corrected chi connectivity index (χ2v) is 7.19. The van der Waals surface area contributed by atoms with Gasteiger partial charge >= 0.3 is 0 Å². The fraction of sp³-hybridized carbons (Fsp3) is 0.500. The minimum absolute atomic E-state index is 0.0112. The lowest BCUT2D eigenvalue weighted by Gasteiger charge is -2.28. The van der Waals surface area contributed by atoms with Crippen LogP contribution in [0.3, 0.4) is 0 Å². The number of hydrogen-bond acceptors (Lipinski definition) is 5. The fourth-order valence-electron chi connectivity index (χ4n) is 2.37. The Balaban J connectivity index is 2.72. The molecule has 0 aliphatic heterocycles. The zero-order chi connectivity index (χ0) is 18.8. The van der Waals surface area contributed by atoms with Gasteiger partial charge in [0.1, 0.15) is 0 Å². The Morgan fingerprint density at radius 1 is 1.16 bits per heavy atom. The van der Waals surface area contributed by atoms with Crippen molar-refractivity contribution in [3.8, 4) is 12.1 Å². The highest BCUT2D eigenvalue weighted by Crippen LogP contribution is 2.20. The van der Waals surface area contributed by atoms with E-state index in [1.807, 2.05) is 55.3 Å². The largest absolute Gasteiger partial charge is 0.340 e. The van der Waals surface area contributed by atoms with E-state index in [-0.39, 0.29) is 31.3 Å². The van der Waals surface area contributed by atoms with Gasteiger partial charge in [-0.3, -0.25) is 13.9 Å². The molecule has 0 aliphatic carbocycles. The number of rotatable bonds is 9. The van der Waals surface area contributed by atoms with Crippen molar-refractivity contribution in [3.05, 3.63) is 29.8 Å². The third-order valence-electron chi connectivity index (χ3n) is 4.08. The molecule has 1 rings (SSSR count). The van der Waals surface area contributed by atoms with Crippen LogP contribution in [0.5, 0.6) is 0 Å². The number of carbonyl (C=O) groups is 1. The van der Waals surface area contributed by atoms with Crippen LogP contribution in [0.15, 0.2) is 29.2 Å². The normalized spacial score (nSPS) is 12.9. The molecule has 0 aliphatic rings. The molecule has 134 valence electrons. The summed E-state index contributed by atoms with van der Waals surface area (Å²) >= 11 is 0. The predicted octanol–water partition coefficient (Wildman–Crippen LogP) is 2.07. The van der Waals surface area contributed by atoms with Crippen LogP contribution in [0.4, 0.5) is 0 Å². The summed E-state index contributed by atoms with van der Waals surface area (Å²) in [5.41, 5.74) is 1.03. The summed E-state index contributed by atoms with van der Waals surface area (Å²) in [7, 11) is 0.852. The highest BCUT2D eigenvalue weighted by Gasteiger charge is 2.19. The number of nitriles is 2. The molecule has 0 fully saturated rings. The third-order valence-corrected chi connectivity index (χ3v) is 5.02. The van der Waals surface area contributed by atoms with E-state index >= 15 is 0 Å². The number of amides is 1. The van der Waals surface area contributed by atoms with E-state index in [1.54, 1.807) is 11.2 Å². The van der Waals surface area contributed by atoms with Crippen molar-refractivity contribution in [3.63, 3.8) is 0 Å². The van der Waals surface area contributed by atoms with Crippen LogP contribution in [0.25, 0.3) is 0 Å². The molecular formula is C18H24N4O2S. The Labute approximate surface area is 152 Å². The van der Waals surface area contributed by atoms with Gasteiger partial charge in [-0.2, -0.15) is 10.5 Å². The van der Waals surface area contributed by atoms with E-state index in [2.05, 4.69) is 0 Å². The van der Waals surface area contributed by atoms with Crippen LogP contribution >= 0.6 is 0 Å². The van der Waals surface area contributed by atoms with Crippen molar-refractivity contribution in [1.29, 1.82) is 10.5 Å². The van der Waals surface area contributed by atoms with Crippen molar-refractivity contribution in [1.82, 2.24) is 9.80 Å². The number of likely N-dealkylation sites (N-methyl/N-ethyl adjacent to an activating group) is 1. The Morgan fingerprint density at radius 2 is 1.68 bits per heavy atom. The lowest BCUT2D eigenvalue weighted by Crippen LogP contribution is -2.40. The van der Waals surface area contributed by atoms with Gasteiger partial charge < -0.3 is 4.90 Å². The van der Waals surface area contributed by atoms with E-state index in [1.165, 1.54) is 0 Å². The van der Waals surface area contributed by atoms with Gasteiger partial charge in [0.2, 0.25) is 5.91 Å². The molecule has 0 bridgehead atoms. The lowest BCUT2D eigenvalue weighted by atomic mass is 10.1. The maximum absolute atomic E-state index is 12.5. The minimum Gasteiger partial charge on any atom is -0.340 e. The first-order valence-electron chi connectivity index (χ1n) is 8.06. The second kappa shape index (κ2) is 10.6. The smallest absolute Gasteiger partial charge is 0.236 e. The maximum Gasteiger partial charge on any atom is 0.236 e. The SMILES string of the molecule is C[C@@H](c1ccc([S@](C)=O)cc1)N(C)CC(=O)N(CCC#N)CCC#N. The van der Waals surface area contributed by atoms with Crippen LogP contribution in [-0.2, 0) is 15.6 Å². The van der Waals surface area contributed by atoms with E-state index in [0.717, 1.165) is 10.5 Å². The first-order valence-corrected chi connectivity index (χ1v) is 9.61. The van der Waals surface area contributed by atoms with Crippen molar-refractivity contribution in [2.45, 2.75) is 30.7 Å². The molecule has 0 N–H and O–H groups in total. The molecule has 0 saturated heterocycles. The second-order valence-electron chi connectivity index (χ2n) is 5.81. The summed E-state index contributed by atoms with van der Waals surface area (Å²) in [4.78, 5) is 16.7. The standard InChI is InChI=1S/C18H24N4O2S/c1-15(16-6-8-17(9-7-16)25(3)24)21(2)14-18(23)22(12-4-10-19)13-5-11-20/h6-9,15H,4-5,12-14H2,1-3H3/t15-,25-/m0/s1. The Morgan fingerprint density at radius 3 is 2.12 bits per heavy atom. The van der Waals surface area contributed by atoms with Gasteiger partial charge in [0.25, 0.3) is 0 Å². The summed E-state index contributed by atoms with van der Waals surface area (Å²) in [6.07, 6.45) is 2.15. The van der Waals surface area contributed by atoms with E-state index in [9.17, 15) is 9.00 Å². The lowest BCUT2D eigenvalue weighted by molar-refractivity contribution is -0.132. The molecule has 0 heterocycles. The molecule has 7 heteroatoms. The van der Waals surface area contributed by atoms with E-state index in [4.69, 9.17) is 10.5 Å². The molecule has 0 spiro atoms. The molecule has 25 heavy (non-hydrogen) atoms. The molecule has 1 amide bonds. The minimum atomic E-state index is -1.01. The highest BCUT2D eigenvalue weighted by atomic mass is 32.2. The van der Waals surface area contributed by atoms with Crippen molar-refractivity contribution in [2.24, 2.45) is 0 Å². The van der Waals surface area contributed by atoms with Crippen LogP contribution in [-0.4, -0.2) is 52.9 Å². The first-order chi connectivity index (χ1) is 11.9. The van der Waals surface area contributed by atoms with E-state index in [0.29, 0.717) is 13.1 Å². The Kier molecular flexibility index (Phi) is 8.83. The summed E-state index contributed by atoms with van der Waals surface area (Å²) in [6.45, 7) is 2.89. The molecule has 6 nitrogen and oxygen atoms in total. The zero-order valence-corrected chi connectivity index (χ0v) is 15.8. The summed E-state index contributed by atoms with van der Waals surface area (Å²) in [5, 5.41) is 17.4. The highest BCUT2D eigenvalue weighted by molar-refractivity contribution is 7.84. The van der Waals surface area contributed by atoms with Gasteiger partial charge in [0, 0.05) is 41.1 Å². The molecule has 2 atom stereocenters. The molecular weight excluding hydrogens is 336 g/mol. The number of hydrogen-bond donors (Lipinski definition) is 0. The average Bonchev–Trinajstić information content (AvgIpc) is 2.61. The fourth-order valence-corrected chi connectivity index (χ4v) is 2.89. The van der Waals surface area contributed by atoms with Gasteiger partial charge in [0.15, 0.2) is 0 Å². The van der Waals surface area contributed by atoms with Gasteiger partial charge in [-0.1, -0.05) is 12.1 Å². The molecule has 1 aromatic carbocycles. The molecule has 0 radical (unpaired) electrons. The quantitative estimate of drug-likeness (QED) is 0.673. The molecule has 0 saturated carbocycles. The van der Waals surface area contributed by atoms with Crippen molar-refractivity contribution < 1.29 is 9.00 Å². The van der Waals surface area contributed by atoms with Gasteiger partial charge in [-0.05, 0) is 31.7 Å². The Bertz CT molecular complexity index is 658. The van der Waals surface area contributed by atoms with E-state index < -0.39 is 10.8 Å². The van der Waals surface area contributed by atoms with Gasteiger partial charge in [-0.15, -0.1) is 0 Å². The first kappa shape index (κ1) is 20.8. The van der Waals surface area contributed by atoms with Crippen LogP contribution in [0, 0.1) is 22.7 Å². The maximum atomic E-state index is 12.5. The molecule has 1 aromatic rings. The predicted molar refractivity (Wildman–Crippen MR) is 96.9 cm³/mol. The van der Waals surface area contributed by atoms with Crippen LogP contribution in [0.1, 0.15) is 31.4 Å². The van der Waals surface area contributed by atoms with Crippen LogP contribution < -0.4 is 0 Å². The average molecular weight is 360 g/mol. The molecule has 0 unspecified atom stereocenters. The summed E-state index contributed by atoms with van der Waals surface area (Å²) < 4.78 is 11.5. The van der Waals surface area contributed by atoms with Crippen LogP contribution in [0.2, 0.25) is 0 Å². The molecule has 0 aromatic heterocycles.